The number of anilines is 2. The third-order valence-corrected chi connectivity index (χ3v) is 5.70. The van der Waals surface area contributed by atoms with Gasteiger partial charge >= 0.3 is 0 Å². The molecule has 1 aliphatic rings. The summed E-state index contributed by atoms with van der Waals surface area (Å²) in [5, 5.41) is 3.80. The summed E-state index contributed by atoms with van der Waals surface area (Å²) < 4.78 is 26.7. The van der Waals surface area contributed by atoms with Crippen LogP contribution in [0.3, 0.4) is 0 Å². The minimum atomic E-state index is -2.62. The number of pyridine rings is 1. The van der Waals surface area contributed by atoms with Crippen molar-refractivity contribution in [2.75, 3.05) is 18.6 Å². The Morgan fingerprint density at radius 3 is 2.59 bits per heavy atom. The summed E-state index contributed by atoms with van der Waals surface area (Å²) in [6.07, 6.45) is 5.23. The number of rotatable bonds is 4. The van der Waals surface area contributed by atoms with Gasteiger partial charge in [-0.1, -0.05) is 17.7 Å². The van der Waals surface area contributed by atoms with Gasteiger partial charge in [-0.05, 0) is 49.8 Å². The van der Waals surface area contributed by atoms with Crippen molar-refractivity contribution < 1.29 is 8.96 Å². The molecule has 0 aliphatic heterocycles. The molecule has 0 amide bonds. The molecule has 1 aromatic heterocycles. The number of hydrogen-bond donors (Lipinski definition) is 1. The lowest BCUT2D eigenvalue weighted by atomic mass is 10.1. The van der Waals surface area contributed by atoms with Gasteiger partial charge in [0.1, 0.15) is 13.0 Å². The lowest BCUT2D eigenvalue weighted by Crippen LogP contribution is -2.12. The van der Waals surface area contributed by atoms with Crippen LogP contribution in [0.4, 0.5) is 15.8 Å². The summed E-state index contributed by atoms with van der Waals surface area (Å²) >= 11 is 6.13. The standard InChI is InChI=1S/C16H17ClFN2OP/c1-22(2,21)16-12(17)8-19-9-15(16)20-14-6-5-11(7-13(14)18)10-3-4-10/h5-10,20H,3-4H2,1-2H3. The molecule has 3 nitrogen and oxygen atoms in total. The molecule has 0 unspecified atom stereocenters. The van der Waals surface area contributed by atoms with E-state index in [4.69, 9.17) is 11.6 Å². The molecular formula is C16H17ClFN2OP. The molecule has 1 saturated carbocycles. The van der Waals surface area contributed by atoms with E-state index in [1.165, 1.54) is 12.4 Å². The predicted molar refractivity (Wildman–Crippen MR) is 90.0 cm³/mol. The Hall–Kier alpha value is -1.38. The van der Waals surface area contributed by atoms with E-state index in [1.54, 1.807) is 25.5 Å². The van der Waals surface area contributed by atoms with E-state index in [-0.39, 0.29) is 5.82 Å². The first-order valence-corrected chi connectivity index (χ1v) is 10.1. The zero-order valence-electron chi connectivity index (χ0n) is 12.4. The van der Waals surface area contributed by atoms with Gasteiger partial charge in [0.25, 0.3) is 0 Å². The van der Waals surface area contributed by atoms with Crippen molar-refractivity contribution in [3.63, 3.8) is 0 Å². The fraction of sp³-hybridized carbons (Fsp3) is 0.312. The van der Waals surface area contributed by atoms with Crippen LogP contribution in [0.25, 0.3) is 0 Å². The second kappa shape index (κ2) is 5.68. The molecule has 2 aromatic rings. The molecule has 0 radical (unpaired) electrons. The van der Waals surface area contributed by atoms with Crippen LogP contribution in [-0.4, -0.2) is 18.3 Å². The first kappa shape index (κ1) is 15.5. The highest BCUT2D eigenvalue weighted by Gasteiger charge is 2.25. The third-order valence-electron chi connectivity index (χ3n) is 3.72. The average molecular weight is 339 g/mol. The second-order valence-corrected chi connectivity index (χ2v) is 9.56. The van der Waals surface area contributed by atoms with Crippen LogP contribution >= 0.6 is 18.7 Å². The van der Waals surface area contributed by atoms with Crippen LogP contribution in [0.2, 0.25) is 5.02 Å². The van der Waals surface area contributed by atoms with E-state index in [9.17, 15) is 8.96 Å². The zero-order valence-corrected chi connectivity index (χ0v) is 14.1. The summed E-state index contributed by atoms with van der Waals surface area (Å²) in [4.78, 5) is 4.00. The van der Waals surface area contributed by atoms with Crippen LogP contribution in [0.15, 0.2) is 30.6 Å². The summed E-state index contributed by atoms with van der Waals surface area (Å²) in [6, 6.07) is 5.21. The number of halogens is 2. The lowest BCUT2D eigenvalue weighted by Gasteiger charge is -2.16. The fourth-order valence-electron chi connectivity index (χ4n) is 2.52. The highest BCUT2D eigenvalue weighted by Crippen LogP contribution is 2.42. The fourth-order valence-corrected chi connectivity index (χ4v) is 4.55. The van der Waals surface area contributed by atoms with E-state index in [2.05, 4.69) is 10.3 Å². The van der Waals surface area contributed by atoms with E-state index in [0.29, 0.717) is 27.6 Å². The maximum Gasteiger partial charge on any atom is 0.146 e. The maximum absolute atomic E-state index is 14.3. The molecule has 1 aromatic carbocycles. The molecule has 0 bridgehead atoms. The summed E-state index contributed by atoms with van der Waals surface area (Å²) in [5.74, 6) is 0.177. The van der Waals surface area contributed by atoms with Gasteiger partial charge in [0.15, 0.2) is 0 Å². The van der Waals surface area contributed by atoms with E-state index >= 15 is 0 Å². The van der Waals surface area contributed by atoms with Crippen LogP contribution in [0.5, 0.6) is 0 Å². The molecule has 1 heterocycles. The molecule has 6 heteroatoms. The first-order valence-electron chi connectivity index (χ1n) is 7.12. The summed E-state index contributed by atoms with van der Waals surface area (Å²) in [5.41, 5.74) is 1.85. The zero-order chi connectivity index (χ0) is 15.9. The maximum atomic E-state index is 14.3. The number of nitrogens with one attached hydrogen (secondary N) is 1. The van der Waals surface area contributed by atoms with Crippen molar-refractivity contribution in [3.05, 3.63) is 47.0 Å². The Balaban J connectivity index is 1.97. The van der Waals surface area contributed by atoms with Gasteiger partial charge in [0.2, 0.25) is 0 Å². The molecule has 1 N–H and O–H groups in total. The Morgan fingerprint density at radius 1 is 1.27 bits per heavy atom. The van der Waals surface area contributed by atoms with Gasteiger partial charge in [-0.15, -0.1) is 0 Å². The van der Waals surface area contributed by atoms with Gasteiger partial charge in [0.05, 0.1) is 27.9 Å². The Bertz CT molecular complexity index is 771. The molecular weight excluding hydrogens is 322 g/mol. The van der Waals surface area contributed by atoms with E-state index in [0.717, 1.165) is 18.4 Å². The minimum Gasteiger partial charge on any atom is -0.351 e. The SMILES string of the molecule is CP(C)(=O)c1c(Cl)cncc1Nc1ccc(C2CC2)cc1F. The lowest BCUT2D eigenvalue weighted by molar-refractivity contribution is 0.588. The Labute approximate surface area is 134 Å². The van der Waals surface area contributed by atoms with Gasteiger partial charge in [0, 0.05) is 6.20 Å². The summed E-state index contributed by atoms with van der Waals surface area (Å²) in [7, 11) is -2.62. The molecule has 0 saturated heterocycles. The van der Waals surface area contributed by atoms with E-state index < -0.39 is 7.14 Å². The number of hydrogen-bond acceptors (Lipinski definition) is 3. The van der Waals surface area contributed by atoms with Gasteiger partial charge in [-0.25, -0.2) is 4.39 Å². The smallest absolute Gasteiger partial charge is 0.146 e. The highest BCUT2D eigenvalue weighted by atomic mass is 35.5. The number of nitrogens with zero attached hydrogens (tertiary/aromatic N) is 1. The Morgan fingerprint density at radius 2 is 2.00 bits per heavy atom. The molecule has 116 valence electrons. The van der Waals surface area contributed by atoms with Crippen molar-refractivity contribution in [1.29, 1.82) is 0 Å². The van der Waals surface area contributed by atoms with Crippen LogP contribution in [0.1, 0.15) is 24.3 Å². The van der Waals surface area contributed by atoms with Crippen molar-refractivity contribution in [2.45, 2.75) is 18.8 Å². The predicted octanol–water partition coefficient (Wildman–Crippen LogP) is 4.74. The molecule has 1 fully saturated rings. The van der Waals surface area contributed by atoms with Gasteiger partial charge in [-0.2, -0.15) is 0 Å². The van der Waals surface area contributed by atoms with Crippen molar-refractivity contribution in [2.24, 2.45) is 0 Å². The summed E-state index contributed by atoms with van der Waals surface area (Å²) in [6.45, 7) is 3.26. The van der Waals surface area contributed by atoms with Gasteiger partial charge < -0.3 is 9.88 Å². The quantitative estimate of drug-likeness (QED) is 0.818. The molecule has 22 heavy (non-hydrogen) atoms. The first-order chi connectivity index (χ1) is 10.4. The number of aromatic nitrogens is 1. The van der Waals surface area contributed by atoms with Crippen molar-refractivity contribution >= 4 is 35.4 Å². The molecule has 0 atom stereocenters. The third kappa shape index (κ3) is 3.18. The minimum absolute atomic E-state index is 0.322. The average Bonchev–Trinajstić information content (AvgIpc) is 3.24. The van der Waals surface area contributed by atoms with Crippen molar-refractivity contribution in [3.8, 4) is 0 Å². The van der Waals surface area contributed by atoms with Crippen LogP contribution < -0.4 is 10.6 Å². The Kier molecular flexibility index (Phi) is 4.00. The molecule has 3 rings (SSSR count). The van der Waals surface area contributed by atoms with Crippen LogP contribution in [0, 0.1) is 5.82 Å². The van der Waals surface area contributed by atoms with Crippen LogP contribution in [-0.2, 0) is 4.57 Å². The topological polar surface area (TPSA) is 42.0 Å². The molecule has 1 aliphatic carbocycles. The second-order valence-electron chi connectivity index (χ2n) is 6.01. The number of benzene rings is 1. The largest absolute Gasteiger partial charge is 0.351 e. The molecule has 0 spiro atoms. The van der Waals surface area contributed by atoms with Crippen molar-refractivity contribution in [1.82, 2.24) is 4.98 Å². The van der Waals surface area contributed by atoms with Gasteiger partial charge in [-0.3, -0.25) is 4.98 Å². The van der Waals surface area contributed by atoms with E-state index in [1.807, 2.05) is 6.07 Å². The normalized spacial score (nSPS) is 14.9. The monoisotopic (exact) mass is 338 g/mol. The highest BCUT2D eigenvalue weighted by molar-refractivity contribution is 7.70.